The van der Waals surface area contributed by atoms with Crippen molar-refractivity contribution in [2.45, 2.75) is 35.1 Å². The third-order valence-electron chi connectivity index (χ3n) is 5.06. The lowest BCUT2D eigenvalue weighted by molar-refractivity contribution is -0.144. The Balaban J connectivity index is 2.16. The van der Waals surface area contributed by atoms with Gasteiger partial charge in [0.05, 0.1) is 31.1 Å². The molecule has 6 nitrogen and oxygen atoms in total. The fourth-order valence-electron chi connectivity index (χ4n) is 3.62. The van der Waals surface area contributed by atoms with Gasteiger partial charge in [-0.1, -0.05) is 48.0 Å². The summed E-state index contributed by atoms with van der Waals surface area (Å²) in [4.78, 5) is 25.8. The van der Waals surface area contributed by atoms with Crippen molar-refractivity contribution >= 4 is 22.7 Å². The van der Waals surface area contributed by atoms with E-state index in [-0.39, 0.29) is 6.42 Å². The molecule has 0 spiro atoms. The van der Waals surface area contributed by atoms with Gasteiger partial charge in [-0.2, -0.15) is 0 Å². The van der Waals surface area contributed by atoms with Crippen LogP contribution in [-0.4, -0.2) is 41.2 Å². The van der Waals surface area contributed by atoms with E-state index in [1.54, 1.807) is 12.1 Å². The van der Waals surface area contributed by atoms with Crippen molar-refractivity contribution in [2.75, 3.05) is 14.2 Å². The van der Waals surface area contributed by atoms with E-state index < -0.39 is 39.6 Å². The van der Waals surface area contributed by atoms with Crippen molar-refractivity contribution in [3.63, 3.8) is 0 Å². The maximum Gasteiger partial charge on any atom is 0.327 e. The fraction of sp³-hybridized carbons (Fsp3) is 0.333. The van der Waals surface area contributed by atoms with Gasteiger partial charge >= 0.3 is 11.9 Å². The molecule has 7 heteroatoms. The lowest BCUT2D eigenvalue weighted by atomic mass is 9.92. The molecule has 2 aromatic carbocycles. The van der Waals surface area contributed by atoms with Crippen LogP contribution in [0, 0.1) is 6.92 Å². The van der Waals surface area contributed by atoms with Crippen LogP contribution >= 0.6 is 0 Å². The highest BCUT2D eigenvalue weighted by Gasteiger charge is 2.60. The highest BCUT2D eigenvalue weighted by molar-refractivity contribution is 7.87. The van der Waals surface area contributed by atoms with Crippen LogP contribution in [0.2, 0.25) is 0 Å². The van der Waals surface area contributed by atoms with Crippen LogP contribution in [0.1, 0.15) is 23.6 Å². The fourth-order valence-corrected chi connectivity index (χ4v) is 5.40. The summed E-state index contributed by atoms with van der Waals surface area (Å²) in [5.41, 5.74) is 1.77. The van der Waals surface area contributed by atoms with Crippen LogP contribution in [0.25, 0.3) is 0 Å². The van der Waals surface area contributed by atoms with Gasteiger partial charge in [0.2, 0.25) is 0 Å². The van der Waals surface area contributed by atoms with Crippen LogP contribution in [0.15, 0.2) is 59.5 Å². The molecule has 1 unspecified atom stereocenters. The first-order valence-electron chi connectivity index (χ1n) is 8.90. The first kappa shape index (κ1) is 20.2. The molecule has 1 fully saturated rings. The summed E-state index contributed by atoms with van der Waals surface area (Å²) in [5.74, 6) is -1.13. The Morgan fingerprint density at radius 2 is 1.68 bits per heavy atom. The molecule has 0 bridgehead atoms. The minimum absolute atomic E-state index is 0.00634. The van der Waals surface area contributed by atoms with Crippen LogP contribution < -0.4 is 5.32 Å². The quantitative estimate of drug-likeness (QED) is 0.775. The summed E-state index contributed by atoms with van der Waals surface area (Å²) < 4.78 is 22.2. The largest absolute Gasteiger partial charge is 0.468 e. The molecule has 4 atom stereocenters. The summed E-state index contributed by atoms with van der Waals surface area (Å²) in [7, 11) is 0.786. The van der Waals surface area contributed by atoms with E-state index in [1.807, 2.05) is 49.4 Å². The maximum absolute atomic E-state index is 13.7. The van der Waals surface area contributed by atoms with Gasteiger partial charge in [0.25, 0.3) is 0 Å². The van der Waals surface area contributed by atoms with Crippen molar-refractivity contribution in [1.82, 2.24) is 5.32 Å². The smallest absolute Gasteiger partial charge is 0.327 e. The second kappa shape index (κ2) is 8.24. The van der Waals surface area contributed by atoms with Crippen molar-refractivity contribution < 1.29 is 23.3 Å². The van der Waals surface area contributed by atoms with Gasteiger partial charge in [-0.05, 0) is 24.6 Å². The summed E-state index contributed by atoms with van der Waals surface area (Å²) in [6.07, 6.45) is 0.00634. The number of carbonyl (C=O) groups excluding carboxylic acids is 2. The number of esters is 2. The highest BCUT2D eigenvalue weighted by atomic mass is 32.2. The number of hydrogen-bond donors (Lipinski definition) is 1. The molecule has 0 radical (unpaired) electrons. The van der Waals surface area contributed by atoms with E-state index in [0.717, 1.165) is 11.1 Å². The topological polar surface area (TPSA) is 81.7 Å². The Kier molecular flexibility index (Phi) is 5.96. The van der Waals surface area contributed by atoms with Crippen LogP contribution in [-0.2, 0) is 29.9 Å². The van der Waals surface area contributed by atoms with E-state index in [2.05, 4.69) is 5.32 Å². The summed E-state index contributed by atoms with van der Waals surface area (Å²) >= 11 is 0. The summed E-state index contributed by atoms with van der Waals surface area (Å²) in [6.45, 7) is 1.93. The van der Waals surface area contributed by atoms with Crippen molar-refractivity contribution in [3.05, 3.63) is 65.7 Å². The number of rotatable bonds is 5. The van der Waals surface area contributed by atoms with Crippen LogP contribution in [0.3, 0.4) is 0 Å². The molecule has 148 valence electrons. The van der Waals surface area contributed by atoms with Gasteiger partial charge < -0.3 is 9.47 Å². The Bertz CT molecular complexity index is 883. The van der Waals surface area contributed by atoms with Gasteiger partial charge in [-0.15, -0.1) is 0 Å². The molecule has 1 aliphatic rings. The van der Waals surface area contributed by atoms with Crippen molar-refractivity contribution in [3.8, 4) is 0 Å². The zero-order chi connectivity index (χ0) is 20.3. The molecule has 0 amide bonds. The molecule has 1 aliphatic heterocycles. The van der Waals surface area contributed by atoms with Crippen molar-refractivity contribution in [1.29, 1.82) is 0 Å². The van der Waals surface area contributed by atoms with Gasteiger partial charge in [-0.3, -0.25) is 19.1 Å². The third-order valence-corrected chi connectivity index (χ3v) is 6.99. The summed E-state index contributed by atoms with van der Waals surface area (Å²) in [5, 5.41) is 3.16. The van der Waals surface area contributed by atoms with Crippen LogP contribution in [0.5, 0.6) is 0 Å². The summed E-state index contributed by atoms with van der Waals surface area (Å²) in [6, 6.07) is 14.9. The monoisotopic (exact) mass is 401 g/mol. The molecular formula is C21H23NO5S. The normalized spacial score (nSPS) is 25.1. The Labute approximate surface area is 166 Å². The van der Waals surface area contributed by atoms with Gasteiger partial charge in [0.15, 0.2) is 4.75 Å². The highest BCUT2D eigenvalue weighted by Crippen LogP contribution is 2.44. The van der Waals surface area contributed by atoms with Gasteiger partial charge in [0.1, 0.15) is 6.04 Å². The molecule has 2 aromatic rings. The zero-order valence-electron chi connectivity index (χ0n) is 16.0. The molecule has 1 N–H and O–H groups in total. The maximum atomic E-state index is 13.7. The van der Waals surface area contributed by atoms with E-state index >= 15 is 0 Å². The number of benzene rings is 2. The average molecular weight is 401 g/mol. The SMILES string of the molecule is COC(=O)[C@@H]1C[C@](C(=O)OC)(S(=O)c2ccc(C)cc2)[C@@H](c2ccccc2)N1. The first-order valence-corrected chi connectivity index (χ1v) is 10.0. The second-order valence-electron chi connectivity index (χ2n) is 6.75. The molecule has 0 aromatic heterocycles. The lowest BCUT2D eigenvalue weighted by Crippen LogP contribution is -2.48. The Morgan fingerprint density at radius 3 is 2.25 bits per heavy atom. The minimum Gasteiger partial charge on any atom is -0.468 e. The molecular weight excluding hydrogens is 378 g/mol. The van der Waals surface area contributed by atoms with Crippen molar-refractivity contribution in [2.24, 2.45) is 0 Å². The van der Waals surface area contributed by atoms with Gasteiger partial charge in [-0.25, -0.2) is 0 Å². The Hall–Kier alpha value is -2.51. The molecule has 28 heavy (non-hydrogen) atoms. The van der Waals surface area contributed by atoms with Gasteiger partial charge in [0, 0.05) is 11.3 Å². The van der Waals surface area contributed by atoms with E-state index in [9.17, 15) is 13.8 Å². The molecule has 1 heterocycles. The minimum atomic E-state index is -1.77. The first-order chi connectivity index (χ1) is 13.4. The Morgan fingerprint density at radius 1 is 1.04 bits per heavy atom. The van der Waals surface area contributed by atoms with E-state index in [4.69, 9.17) is 9.47 Å². The number of methoxy groups -OCH3 is 2. The predicted molar refractivity (Wildman–Crippen MR) is 105 cm³/mol. The number of hydrogen-bond acceptors (Lipinski definition) is 6. The molecule has 1 saturated heterocycles. The average Bonchev–Trinajstić information content (AvgIpc) is 3.15. The second-order valence-corrected chi connectivity index (χ2v) is 8.49. The van der Waals surface area contributed by atoms with E-state index in [1.165, 1.54) is 14.2 Å². The number of carbonyl (C=O) groups is 2. The van der Waals surface area contributed by atoms with Crippen LogP contribution in [0.4, 0.5) is 0 Å². The zero-order valence-corrected chi connectivity index (χ0v) is 16.8. The molecule has 0 saturated carbocycles. The number of ether oxygens (including phenoxy) is 2. The van der Waals surface area contributed by atoms with E-state index in [0.29, 0.717) is 4.90 Å². The third kappa shape index (κ3) is 3.47. The standard InChI is InChI=1S/C21H23NO5S/c1-14-9-11-16(12-10-14)28(25)21(20(24)27-3)13-17(19(23)26-2)22-18(21)15-7-5-4-6-8-15/h4-12,17-18,22H,13H2,1-3H3/t17-,18+,21-,28?/m0/s1. The predicted octanol–water partition coefficient (Wildman–Crippen LogP) is 2.29. The lowest BCUT2D eigenvalue weighted by Gasteiger charge is -2.31. The number of aryl methyl sites for hydroxylation is 1. The molecule has 0 aliphatic carbocycles. The number of nitrogens with one attached hydrogen (secondary N) is 1. The molecule has 3 rings (SSSR count).